The maximum Gasteiger partial charge on any atom is 0.191 e. The third-order valence-corrected chi connectivity index (χ3v) is 3.60. The van der Waals surface area contributed by atoms with Crippen LogP contribution in [0, 0.1) is 0 Å². The lowest BCUT2D eigenvalue weighted by molar-refractivity contribution is 0.296. The molecule has 4 nitrogen and oxygen atoms in total. The number of hydrogen-bond acceptors (Lipinski definition) is 2. The number of aliphatic imine (C=N–C) groups is 1. The second kappa shape index (κ2) is 13.6. The van der Waals surface area contributed by atoms with Gasteiger partial charge in [-0.15, -0.1) is 24.0 Å². The summed E-state index contributed by atoms with van der Waals surface area (Å²) in [5.41, 5.74) is 2.63. The van der Waals surface area contributed by atoms with Gasteiger partial charge in [-0.3, -0.25) is 4.90 Å². The molecule has 1 aromatic rings. The molecule has 0 aromatic heterocycles. The van der Waals surface area contributed by atoms with Crippen molar-refractivity contribution in [2.24, 2.45) is 4.99 Å². The van der Waals surface area contributed by atoms with Gasteiger partial charge in [0.1, 0.15) is 0 Å². The highest BCUT2D eigenvalue weighted by molar-refractivity contribution is 14.0. The molecule has 23 heavy (non-hydrogen) atoms. The zero-order valence-corrected chi connectivity index (χ0v) is 17.4. The topological polar surface area (TPSA) is 39.7 Å². The van der Waals surface area contributed by atoms with Crippen molar-refractivity contribution < 1.29 is 0 Å². The van der Waals surface area contributed by atoms with Gasteiger partial charge in [0.2, 0.25) is 0 Å². The molecule has 0 fully saturated rings. The van der Waals surface area contributed by atoms with Crippen molar-refractivity contribution in [2.75, 3.05) is 26.2 Å². The SMILES string of the molecule is CCCNC(=NCc1cccc(CN(CC)CC)c1)NCC.I. The van der Waals surface area contributed by atoms with Crippen LogP contribution in [0.25, 0.3) is 0 Å². The number of guanidine groups is 1. The van der Waals surface area contributed by atoms with E-state index in [9.17, 15) is 0 Å². The second-order valence-electron chi connectivity index (χ2n) is 5.40. The van der Waals surface area contributed by atoms with Gasteiger partial charge in [-0.1, -0.05) is 45.0 Å². The molecule has 0 saturated carbocycles. The van der Waals surface area contributed by atoms with Gasteiger partial charge in [-0.2, -0.15) is 0 Å². The predicted octanol–water partition coefficient (Wildman–Crippen LogP) is 3.61. The second-order valence-corrected chi connectivity index (χ2v) is 5.40. The molecule has 0 aliphatic heterocycles. The fourth-order valence-corrected chi connectivity index (χ4v) is 2.29. The summed E-state index contributed by atoms with van der Waals surface area (Å²) in [6.07, 6.45) is 1.10. The van der Waals surface area contributed by atoms with Gasteiger partial charge in [-0.05, 0) is 37.6 Å². The Morgan fingerprint density at radius 3 is 2.35 bits per heavy atom. The summed E-state index contributed by atoms with van der Waals surface area (Å²) >= 11 is 0. The average Bonchev–Trinajstić information content (AvgIpc) is 2.55. The maximum atomic E-state index is 4.66. The van der Waals surface area contributed by atoms with Crippen LogP contribution in [0.2, 0.25) is 0 Å². The van der Waals surface area contributed by atoms with Crippen LogP contribution < -0.4 is 10.6 Å². The smallest absolute Gasteiger partial charge is 0.191 e. The fourth-order valence-electron chi connectivity index (χ4n) is 2.29. The zero-order valence-electron chi connectivity index (χ0n) is 15.1. The minimum absolute atomic E-state index is 0. The fraction of sp³-hybridized carbons (Fsp3) is 0.611. The van der Waals surface area contributed by atoms with E-state index in [2.05, 4.69) is 72.5 Å². The van der Waals surface area contributed by atoms with E-state index in [1.807, 2.05) is 0 Å². The Morgan fingerprint density at radius 2 is 1.74 bits per heavy atom. The highest BCUT2D eigenvalue weighted by Crippen LogP contribution is 2.09. The largest absolute Gasteiger partial charge is 0.357 e. The summed E-state index contributed by atoms with van der Waals surface area (Å²) in [5.74, 6) is 0.901. The Balaban J connectivity index is 0.00000484. The predicted molar refractivity (Wildman–Crippen MR) is 112 cm³/mol. The zero-order chi connectivity index (χ0) is 16.2. The standard InChI is InChI=1S/C18H32N4.HI/c1-5-12-20-18(19-6-2)21-14-16-10-9-11-17(13-16)15-22(7-3)8-4;/h9-11,13H,5-8,12,14-15H2,1-4H3,(H2,19,20,21);1H. The summed E-state index contributed by atoms with van der Waals surface area (Å²) in [7, 11) is 0. The van der Waals surface area contributed by atoms with Crippen LogP contribution in [0.1, 0.15) is 45.2 Å². The highest BCUT2D eigenvalue weighted by Gasteiger charge is 2.02. The molecule has 132 valence electrons. The lowest BCUT2D eigenvalue weighted by atomic mass is 10.1. The van der Waals surface area contributed by atoms with Gasteiger partial charge in [0, 0.05) is 19.6 Å². The first kappa shape index (κ1) is 22.2. The number of benzene rings is 1. The van der Waals surface area contributed by atoms with E-state index in [1.165, 1.54) is 11.1 Å². The molecule has 0 spiro atoms. The Kier molecular flexibility index (Phi) is 13.1. The highest BCUT2D eigenvalue weighted by atomic mass is 127. The Labute approximate surface area is 159 Å². The Bertz CT molecular complexity index is 444. The molecular formula is C18H33IN4. The molecule has 2 N–H and O–H groups in total. The third-order valence-electron chi connectivity index (χ3n) is 3.60. The van der Waals surface area contributed by atoms with Gasteiger partial charge in [0.25, 0.3) is 0 Å². The van der Waals surface area contributed by atoms with Crippen molar-refractivity contribution in [1.82, 2.24) is 15.5 Å². The van der Waals surface area contributed by atoms with Crippen LogP contribution in [-0.4, -0.2) is 37.0 Å². The lowest BCUT2D eigenvalue weighted by Gasteiger charge is -2.18. The van der Waals surface area contributed by atoms with E-state index in [-0.39, 0.29) is 24.0 Å². The molecule has 1 aromatic carbocycles. The van der Waals surface area contributed by atoms with Gasteiger partial charge >= 0.3 is 0 Å². The van der Waals surface area contributed by atoms with Crippen LogP contribution in [0.3, 0.4) is 0 Å². The van der Waals surface area contributed by atoms with Crippen molar-refractivity contribution in [3.8, 4) is 0 Å². The van der Waals surface area contributed by atoms with E-state index < -0.39 is 0 Å². The van der Waals surface area contributed by atoms with Crippen molar-refractivity contribution in [3.63, 3.8) is 0 Å². The van der Waals surface area contributed by atoms with Gasteiger partial charge in [0.05, 0.1) is 6.54 Å². The van der Waals surface area contributed by atoms with Gasteiger partial charge < -0.3 is 10.6 Å². The number of rotatable bonds is 9. The Hall–Kier alpha value is -0.820. The molecule has 0 heterocycles. The molecule has 0 amide bonds. The van der Waals surface area contributed by atoms with E-state index in [0.29, 0.717) is 6.54 Å². The van der Waals surface area contributed by atoms with Crippen molar-refractivity contribution >= 4 is 29.9 Å². The molecular weight excluding hydrogens is 399 g/mol. The summed E-state index contributed by atoms with van der Waals surface area (Å²) < 4.78 is 0. The Morgan fingerprint density at radius 1 is 1.04 bits per heavy atom. The van der Waals surface area contributed by atoms with Crippen molar-refractivity contribution in [3.05, 3.63) is 35.4 Å². The molecule has 0 aliphatic carbocycles. The van der Waals surface area contributed by atoms with Crippen LogP contribution in [-0.2, 0) is 13.1 Å². The maximum absolute atomic E-state index is 4.66. The number of hydrogen-bond donors (Lipinski definition) is 2. The average molecular weight is 432 g/mol. The number of nitrogens with zero attached hydrogens (tertiary/aromatic N) is 2. The van der Waals surface area contributed by atoms with E-state index >= 15 is 0 Å². The summed E-state index contributed by atoms with van der Waals surface area (Å²) in [5, 5.41) is 6.62. The minimum Gasteiger partial charge on any atom is -0.357 e. The van der Waals surface area contributed by atoms with Crippen molar-refractivity contribution in [1.29, 1.82) is 0 Å². The molecule has 0 bridgehead atoms. The summed E-state index contributed by atoms with van der Waals surface area (Å²) in [6, 6.07) is 8.76. The molecule has 1 rings (SSSR count). The third kappa shape index (κ3) is 9.15. The van der Waals surface area contributed by atoms with E-state index in [0.717, 1.165) is 45.1 Å². The van der Waals surface area contributed by atoms with E-state index in [1.54, 1.807) is 0 Å². The molecule has 0 radical (unpaired) electrons. The lowest BCUT2D eigenvalue weighted by Crippen LogP contribution is -2.37. The van der Waals surface area contributed by atoms with Gasteiger partial charge in [-0.25, -0.2) is 4.99 Å². The van der Waals surface area contributed by atoms with Crippen LogP contribution in [0.4, 0.5) is 0 Å². The first-order chi connectivity index (χ1) is 10.7. The summed E-state index contributed by atoms with van der Waals surface area (Å²) in [6.45, 7) is 14.4. The molecule has 0 aliphatic rings. The van der Waals surface area contributed by atoms with E-state index in [4.69, 9.17) is 0 Å². The van der Waals surface area contributed by atoms with Crippen LogP contribution in [0.5, 0.6) is 0 Å². The normalized spacial score (nSPS) is 11.3. The number of halogens is 1. The summed E-state index contributed by atoms with van der Waals surface area (Å²) in [4.78, 5) is 7.09. The van der Waals surface area contributed by atoms with Crippen LogP contribution >= 0.6 is 24.0 Å². The first-order valence-corrected chi connectivity index (χ1v) is 8.55. The molecule has 5 heteroatoms. The molecule has 0 unspecified atom stereocenters. The van der Waals surface area contributed by atoms with Crippen LogP contribution in [0.15, 0.2) is 29.3 Å². The van der Waals surface area contributed by atoms with Gasteiger partial charge in [0.15, 0.2) is 5.96 Å². The van der Waals surface area contributed by atoms with Crippen molar-refractivity contribution in [2.45, 2.75) is 47.2 Å². The minimum atomic E-state index is 0. The monoisotopic (exact) mass is 432 g/mol. The molecule has 0 atom stereocenters. The molecule has 0 saturated heterocycles. The number of nitrogens with one attached hydrogen (secondary N) is 2. The quantitative estimate of drug-likeness (QED) is 0.356. The first-order valence-electron chi connectivity index (χ1n) is 8.55.